The lowest BCUT2D eigenvalue weighted by molar-refractivity contribution is 0.578. The van der Waals surface area contributed by atoms with Crippen molar-refractivity contribution in [2.45, 2.75) is 19.4 Å². The first kappa shape index (κ1) is 6.88. The molecular weight excluding hydrogens is 90.1 g/mol. The fourth-order valence-corrected chi connectivity index (χ4v) is 0.296. The first-order valence-corrected chi connectivity index (χ1v) is 2.50. The molecule has 0 aliphatic rings. The van der Waals surface area contributed by atoms with Gasteiger partial charge in [-0.2, -0.15) is 0 Å². The van der Waals surface area contributed by atoms with Gasteiger partial charge < -0.3 is 5.73 Å². The van der Waals surface area contributed by atoms with E-state index in [1.54, 1.807) is 0 Å². The highest BCUT2D eigenvalue weighted by Crippen LogP contribution is 1.79. The van der Waals surface area contributed by atoms with Crippen LogP contribution in [0, 0.1) is 0 Å². The van der Waals surface area contributed by atoms with E-state index < -0.39 is 0 Å². The topological polar surface area (TPSA) is 64.1 Å². The van der Waals surface area contributed by atoms with E-state index in [4.69, 9.17) is 11.6 Å². The van der Waals surface area contributed by atoms with Crippen molar-refractivity contribution < 1.29 is 0 Å². The molecule has 5 N–H and O–H groups in total. The molecule has 0 aliphatic carbocycles. The molecule has 0 radical (unpaired) electrons. The van der Waals surface area contributed by atoms with Gasteiger partial charge in [0, 0.05) is 12.6 Å². The van der Waals surface area contributed by atoms with Crippen LogP contribution in [-0.2, 0) is 0 Å². The second-order valence-corrected chi connectivity index (χ2v) is 1.58. The molecule has 3 heteroatoms. The van der Waals surface area contributed by atoms with Crippen LogP contribution in [0.1, 0.15) is 13.3 Å². The molecule has 0 aromatic heterocycles. The molecule has 7 heavy (non-hydrogen) atoms. The average molecular weight is 103 g/mol. The summed E-state index contributed by atoms with van der Waals surface area (Å²) in [5.74, 6) is 4.97. The van der Waals surface area contributed by atoms with E-state index in [2.05, 4.69) is 5.43 Å². The Balaban J connectivity index is 2.83. The zero-order valence-electron chi connectivity index (χ0n) is 4.65. The summed E-state index contributed by atoms with van der Waals surface area (Å²) < 4.78 is 0. The summed E-state index contributed by atoms with van der Waals surface area (Å²) in [4.78, 5) is 0. The highest BCUT2D eigenvalue weighted by molar-refractivity contribution is 4.57. The van der Waals surface area contributed by atoms with Gasteiger partial charge in [-0.3, -0.25) is 11.3 Å². The van der Waals surface area contributed by atoms with E-state index in [0.717, 1.165) is 6.42 Å². The zero-order valence-corrected chi connectivity index (χ0v) is 4.65. The molecule has 0 aromatic rings. The van der Waals surface area contributed by atoms with Gasteiger partial charge in [0.15, 0.2) is 0 Å². The van der Waals surface area contributed by atoms with Crippen molar-refractivity contribution in [1.29, 1.82) is 0 Å². The van der Waals surface area contributed by atoms with Crippen molar-refractivity contribution in [3.05, 3.63) is 0 Å². The molecule has 0 saturated carbocycles. The van der Waals surface area contributed by atoms with Crippen LogP contribution in [0.25, 0.3) is 0 Å². The predicted octanol–water partition coefficient (Wildman–Crippen LogP) is -0.813. The lowest BCUT2D eigenvalue weighted by atomic mass is 10.2. The van der Waals surface area contributed by atoms with Gasteiger partial charge >= 0.3 is 0 Å². The van der Waals surface area contributed by atoms with Gasteiger partial charge in [-0.1, -0.05) is 6.92 Å². The predicted molar refractivity (Wildman–Crippen MR) is 30.5 cm³/mol. The fraction of sp³-hybridized carbons (Fsp3) is 1.00. The SMILES string of the molecule is CC[C@H](N)CNN. The molecule has 0 bridgehead atoms. The second-order valence-electron chi connectivity index (χ2n) is 1.58. The minimum Gasteiger partial charge on any atom is -0.327 e. The summed E-state index contributed by atoms with van der Waals surface area (Å²) in [7, 11) is 0. The molecule has 0 aromatic carbocycles. The van der Waals surface area contributed by atoms with E-state index in [9.17, 15) is 0 Å². The van der Waals surface area contributed by atoms with Gasteiger partial charge in [0.05, 0.1) is 0 Å². The Bertz CT molecular complexity index is 37.9. The van der Waals surface area contributed by atoms with Gasteiger partial charge in [0.25, 0.3) is 0 Å². The van der Waals surface area contributed by atoms with E-state index in [1.807, 2.05) is 6.92 Å². The molecular formula is C4H13N3. The lowest BCUT2D eigenvalue weighted by Gasteiger charge is -2.04. The van der Waals surface area contributed by atoms with E-state index in [-0.39, 0.29) is 6.04 Å². The highest BCUT2D eigenvalue weighted by Gasteiger charge is 1.92. The molecule has 0 unspecified atom stereocenters. The van der Waals surface area contributed by atoms with Crippen molar-refractivity contribution in [2.75, 3.05) is 6.54 Å². The quantitative estimate of drug-likeness (QED) is 0.323. The van der Waals surface area contributed by atoms with Gasteiger partial charge in [-0.15, -0.1) is 0 Å². The number of rotatable bonds is 3. The maximum absolute atomic E-state index is 5.44. The van der Waals surface area contributed by atoms with Crippen molar-refractivity contribution in [3.63, 3.8) is 0 Å². The van der Waals surface area contributed by atoms with Gasteiger partial charge in [-0.25, -0.2) is 0 Å². The van der Waals surface area contributed by atoms with E-state index >= 15 is 0 Å². The first-order valence-electron chi connectivity index (χ1n) is 2.50. The standard InChI is InChI=1S/C4H13N3/c1-2-4(5)3-7-6/h4,7H,2-3,5-6H2,1H3/t4-/m0/s1. The van der Waals surface area contributed by atoms with Crippen LogP contribution in [0.15, 0.2) is 0 Å². The smallest absolute Gasteiger partial charge is 0.0249 e. The van der Waals surface area contributed by atoms with Gasteiger partial charge in [-0.05, 0) is 6.42 Å². The maximum Gasteiger partial charge on any atom is 0.0249 e. The van der Waals surface area contributed by atoms with E-state index in [0.29, 0.717) is 6.54 Å². The summed E-state index contributed by atoms with van der Waals surface area (Å²) in [5.41, 5.74) is 7.93. The minimum atomic E-state index is 0.213. The molecule has 1 atom stereocenters. The van der Waals surface area contributed by atoms with Crippen LogP contribution in [-0.4, -0.2) is 12.6 Å². The fourth-order valence-electron chi connectivity index (χ4n) is 0.296. The molecule has 3 nitrogen and oxygen atoms in total. The molecule has 0 aliphatic heterocycles. The van der Waals surface area contributed by atoms with Crippen LogP contribution in [0.4, 0.5) is 0 Å². The van der Waals surface area contributed by atoms with Crippen molar-refractivity contribution in [1.82, 2.24) is 5.43 Å². The number of nitrogens with two attached hydrogens (primary N) is 2. The first-order chi connectivity index (χ1) is 3.31. The van der Waals surface area contributed by atoms with Crippen LogP contribution < -0.4 is 17.0 Å². The Morgan fingerprint density at radius 2 is 2.29 bits per heavy atom. The van der Waals surface area contributed by atoms with Crippen LogP contribution in [0.3, 0.4) is 0 Å². The van der Waals surface area contributed by atoms with Crippen molar-refractivity contribution in [2.24, 2.45) is 11.6 Å². The Hall–Kier alpha value is -0.120. The number of nitrogens with one attached hydrogen (secondary N) is 1. The number of hydrogen-bond acceptors (Lipinski definition) is 3. The third kappa shape index (κ3) is 3.72. The summed E-state index contributed by atoms with van der Waals surface area (Å²) in [6.07, 6.45) is 0.976. The van der Waals surface area contributed by atoms with Gasteiger partial charge in [0.2, 0.25) is 0 Å². The second kappa shape index (κ2) is 4.05. The normalized spacial score (nSPS) is 14.1. The van der Waals surface area contributed by atoms with Crippen LogP contribution in [0.2, 0.25) is 0 Å². The summed E-state index contributed by atoms with van der Waals surface area (Å²) in [6.45, 7) is 2.73. The average Bonchev–Trinajstić information content (AvgIpc) is 1.68. The van der Waals surface area contributed by atoms with Crippen molar-refractivity contribution in [3.8, 4) is 0 Å². The van der Waals surface area contributed by atoms with E-state index in [1.165, 1.54) is 0 Å². The Morgan fingerprint density at radius 3 is 2.43 bits per heavy atom. The monoisotopic (exact) mass is 103 g/mol. The Labute approximate surface area is 44.0 Å². The third-order valence-corrected chi connectivity index (χ3v) is 0.904. The lowest BCUT2D eigenvalue weighted by Crippen LogP contribution is -2.36. The number of hydrogen-bond donors (Lipinski definition) is 3. The summed E-state index contributed by atoms with van der Waals surface area (Å²) in [6, 6.07) is 0.213. The molecule has 0 saturated heterocycles. The maximum atomic E-state index is 5.44. The zero-order chi connectivity index (χ0) is 5.70. The minimum absolute atomic E-state index is 0.213. The van der Waals surface area contributed by atoms with Crippen LogP contribution >= 0.6 is 0 Å². The molecule has 0 spiro atoms. The van der Waals surface area contributed by atoms with Gasteiger partial charge in [0.1, 0.15) is 0 Å². The molecule has 0 amide bonds. The molecule has 0 fully saturated rings. The summed E-state index contributed by atoms with van der Waals surface area (Å²) >= 11 is 0. The third-order valence-electron chi connectivity index (χ3n) is 0.904. The largest absolute Gasteiger partial charge is 0.327 e. The highest BCUT2D eigenvalue weighted by atomic mass is 15.2. The summed E-state index contributed by atoms with van der Waals surface area (Å²) in [5, 5.41) is 0. The Morgan fingerprint density at radius 1 is 1.71 bits per heavy atom. The number of hydrazine groups is 1. The molecule has 0 heterocycles. The molecule has 0 rings (SSSR count). The van der Waals surface area contributed by atoms with Crippen LogP contribution in [0.5, 0.6) is 0 Å². The Kier molecular flexibility index (Phi) is 3.98. The molecule has 44 valence electrons. The van der Waals surface area contributed by atoms with Crippen molar-refractivity contribution >= 4 is 0 Å².